The molecule has 1 aliphatic heterocycles. The Morgan fingerprint density at radius 1 is 1.48 bits per heavy atom. The van der Waals surface area contributed by atoms with E-state index in [1.807, 2.05) is 11.8 Å². The summed E-state index contributed by atoms with van der Waals surface area (Å²) in [7, 11) is 0. The average molecular weight is 309 g/mol. The summed E-state index contributed by atoms with van der Waals surface area (Å²) in [4.78, 5) is 11.7. The lowest BCUT2D eigenvalue weighted by Crippen LogP contribution is -2.33. The van der Waals surface area contributed by atoms with Gasteiger partial charge in [0.1, 0.15) is 5.75 Å². The van der Waals surface area contributed by atoms with Gasteiger partial charge in [-0.1, -0.05) is 5.16 Å². The molecule has 21 heavy (non-hydrogen) atoms. The maximum Gasteiger partial charge on any atom is 0.257 e. The van der Waals surface area contributed by atoms with Crippen LogP contribution in [0, 0.1) is 5.92 Å². The zero-order chi connectivity index (χ0) is 15.1. The Morgan fingerprint density at radius 2 is 2.24 bits per heavy atom. The number of hydrogen-bond acceptors (Lipinski definition) is 5. The predicted molar refractivity (Wildman–Crippen MR) is 82.9 cm³/mol. The molecule has 1 atom stereocenters. The molecule has 2 rings (SSSR count). The number of thioether (sulfide) groups is 1. The Balaban J connectivity index is 1.73. The van der Waals surface area contributed by atoms with Crippen molar-refractivity contribution in [2.24, 2.45) is 16.8 Å². The lowest BCUT2D eigenvalue weighted by molar-refractivity contribution is -0.123. The largest absolute Gasteiger partial charge is 0.484 e. The molecule has 4 N–H and O–H groups in total. The van der Waals surface area contributed by atoms with Gasteiger partial charge in [-0.15, -0.1) is 0 Å². The Kier molecular flexibility index (Phi) is 5.74. The fraction of sp³-hybridized carbons (Fsp3) is 0.429. The number of nitrogens with zero attached hydrogens (tertiary/aromatic N) is 1. The Morgan fingerprint density at radius 3 is 2.86 bits per heavy atom. The fourth-order valence-electron chi connectivity index (χ4n) is 1.98. The first-order chi connectivity index (χ1) is 10.2. The highest BCUT2D eigenvalue weighted by Crippen LogP contribution is 2.22. The second-order valence-corrected chi connectivity index (χ2v) is 5.98. The van der Waals surface area contributed by atoms with Crippen LogP contribution >= 0.6 is 11.8 Å². The van der Waals surface area contributed by atoms with Crippen molar-refractivity contribution in [2.75, 3.05) is 24.7 Å². The van der Waals surface area contributed by atoms with Crippen LogP contribution in [0.2, 0.25) is 0 Å². The van der Waals surface area contributed by atoms with Crippen LogP contribution in [-0.4, -0.2) is 41.6 Å². The van der Waals surface area contributed by atoms with Crippen molar-refractivity contribution in [3.8, 4) is 5.75 Å². The molecule has 1 saturated heterocycles. The summed E-state index contributed by atoms with van der Waals surface area (Å²) in [6, 6.07) is 6.68. The van der Waals surface area contributed by atoms with Gasteiger partial charge in [0.25, 0.3) is 5.91 Å². The van der Waals surface area contributed by atoms with Crippen LogP contribution in [0.1, 0.15) is 12.0 Å². The first-order valence-electron chi connectivity index (χ1n) is 6.74. The van der Waals surface area contributed by atoms with Crippen LogP contribution in [-0.2, 0) is 4.79 Å². The molecule has 0 saturated carbocycles. The number of carbonyl (C=O) groups is 1. The molecule has 1 aromatic rings. The molecule has 1 fully saturated rings. The number of carbonyl (C=O) groups excluding carboxylic acids is 1. The molecule has 1 unspecified atom stereocenters. The maximum atomic E-state index is 11.7. The van der Waals surface area contributed by atoms with E-state index in [1.54, 1.807) is 24.3 Å². The summed E-state index contributed by atoms with van der Waals surface area (Å²) in [5.74, 6) is 3.37. The van der Waals surface area contributed by atoms with Gasteiger partial charge in [-0.3, -0.25) is 4.79 Å². The molecule has 1 aliphatic rings. The predicted octanol–water partition coefficient (Wildman–Crippen LogP) is 1.03. The summed E-state index contributed by atoms with van der Waals surface area (Å²) >= 11 is 1.93. The number of benzene rings is 1. The molecular formula is C14H19N3O3S. The van der Waals surface area contributed by atoms with E-state index in [-0.39, 0.29) is 18.3 Å². The third-order valence-electron chi connectivity index (χ3n) is 3.24. The van der Waals surface area contributed by atoms with E-state index in [9.17, 15) is 4.79 Å². The third kappa shape index (κ3) is 4.86. The Bertz CT molecular complexity index is 499. The maximum absolute atomic E-state index is 11.7. The first-order valence-corrected chi connectivity index (χ1v) is 7.89. The smallest absolute Gasteiger partial charge is 0.257 e. The zero-order valence-electron chi connectivity index (χ0n) is 11.6. The molecule has 0 aromatic heterocycles. The molecule has 0 bridgehead atoms. The van der Waals surface area contributed by atoms with Crippen LogP contribution in [0.4, 0.5) is 0 Å². The minimum Gasteiger partial charge on any atom is -0.484 e. The van der Waals surface area contributed by atoms with Crippen LogP contribution in [0.15, 0.2) is 29.4 Å². The van der Waals surface area contributed by atoms with Gasteiger partial charge in [0.15, 0.2) is 12.4 Å². The number of nitrogens with one attached hydrogen (secondary N) is 1. The van der Waals surface area contributed by atoms with Gasteiger partial charge in [0.2, 0.25) is 0 Å². The topological polar surface area (TPSA) is 96.9 Å². The van der Waals surface area contributed by atoms with Crippen molar-refractivity contribution < 1.29 is 14.7 Å². The van der Waals surface area contributed by atoms with Crippen LogP contribution < -0.4 is 15.8 Å². The van der Waals surface area contributed by atoms with Crippen LogP contribution in [0.25, 0.3) is 0 Å². The highest BCUT2D eigenvalue weighted by Gasteiger charge is 2.16. The van der Waals surface area contributed by atoms with Crippen molar-refractivity contribution >= 4 is 23.5 Å². The summed E-state index contributed by atoms with van der Waals surface area (Å²) in [6.45, 7) is 0.709. The molecule has 0 radical (unpaired) electrons. The number of amides is 1. The Hall–Kier alpha value is -1.89. The van der Waals surface area contributed by atoms with E-state index in [0.29, 0.717) is 17.2 Å². The van der Waals surface area contributed by atoms with Crippen molar-refractivity contribution in [2.45, 2.75) is 6.42 Å². The summed E-state index contributed by atoms with van der Waals surface area (Å²) in [5.41, 5.74) is 6.05. The number of nitrogens with two attached hydrogens (primary N) is 1. The van der Waals surface area contributed by atoms with E-state index in [1.165, 1.54) is 12.2 Å². The van der Waals surface area contributed by atoms with Gasteiger partial charge in [0.05, 0.1) is 0 Å². The lowest BCUT2D eigenvalue weighted by atomic mass is 10.1. The zero-order valence-corrected chi connectivity index (χ0v) is 12.4. The van der Waals surface area contributed by atoms with Gasteiger partial charge in [-0.2, -0.15) is 11.8 Å². The van der Waals surface area contributed by atoms with E-state index >= 15 is 0 Å². The summed E-state index contributed by atoms with van der Waals surface area (Å²) < 4.78 is 5.39. The Labute approximate surface area is 127 Å². The number of amidine groups is 1. The quantitative estimate of drug-likeness (QED) is 0.316. The number of rotatable bonds is 6. The molecule has 1 heterocycles. The third-order valence-corrected chi connectivity index (χ3v) is 4.47. The number of ether oxygens (including phenoxy) is 1. The molecule has 6 nitrogen and oxygen atoms in total. The lowest BCUT2D eigenvalue weighted by Gasteiger charge is -2.11. The van der Waals surface area contributed by atoms with Gasteiger partial charge in [-0.05, 0) is 48.1 Å². The van der Waals surface area contributed by atoms with Gasteiger partial charge < -0.3 is 21.0 Å². The van der Waals surface area contributed by atoms with E-state index in [0.717, 1.165) is 12.3 Å². The molecule has 7 heteroatoms. The second-order valence-electron chi connectivity index (χ2n) is 4.83. The molecule has 114 valence electrons. The van der Waals surface area contributed by atoms with E-state index < -0.39 is 0 Å². The second kappa shape index (κ2) is 7.78. The molecule has 0 spiro atoms. The highest BCUT2D eigenvalue weighted by atomic mass is 32.2. The SMILES string of the molecule is N/C(=N/O)c1ccc(OCC(=O)NCC2CCSC2)cc1. The fourth-order valence-corrected chi connectivity index (χ4v) is 3.27. The molecule has 0 aliphatic carbocycles. The molecule has 1 aromatic carbocycles. The van der Waals surface area contributed by atoms with E-state index in [2.05, 4.69) is 10.5 Å². The van der Waals surface area contributed by atoms with Gasteiger partial charge in [0, 0.05) is 12.1 Å². The van der Waals surface area contributed by atoms with E-state index in [4.69, 9.17) is 15.7 Å². The van der Waals surface area contributed by atoms with Crippen molar-refractivity contribution in [1.29, 1.82) is 0 Å². The molecular weight excluding hydrogens is 290 g/mol. The van der Waals surface area contributed by atoms with Crippen molar-refractivity contribution in [1.82, 2.24) is 5.32 Å². The number of oxime groups is 1. The highest BCUT2D eigenvalue weighted by molar-refractivity contribution is 7.99. The van der Waals surface area contributed by atoms with Crippen LogP contribution in [0.3, 0.4) is 0 Å². The minimum atomic E-state index is -0.118. The normalized spacial score (nSPS) is 18.5. The van der Waals surface area contributed by atoms with Gasteiger partial charge in [-0.25, -0.2) is 0 Å². The molecule has 1 amide bonds. The van der Waals surface area contributed by atoms with Crippen molar-refractivity contribution in [3.63, 3.8) is 0 Å². The number of hydrogen-bond donors (Lipinski definition) is 3. The monoisotopic (exact) mass is 309 g/mol. The van der Waals surface area contributed by atoms with Crippen LogP contribution in [0.5, 0.6) is 5.75 Å². The summed E-state index contributed by atoms with van der Waals surface area (Å²) in [5, 5.41) is 14.4. The minimum absolute atomic E-state index is 0.0111. The average Bonchev–Trinajstić information content (AvgIpc) is 3.04. The first kappa shape index (κ1) is 15.5. The summed E-state index contributed by atoms with van der Waals surface area (Å²) in [6.07, 6.45) is 1.17. The van der Waals surface area contributed by atoms with Gasteiger partial charge >= 0.3 is 0 Å². The standard InChI is InChI=1S/C14H19N3O3S/c15-14(17-19)11-1-3-12(4-2-11)20-8-13(18)16-7-10-5-6-21-9-10/h1-4,10,19H,5-9H2,(H2,15,17)(H,16,18). The van der Waals surface area contributed by atoms with Crippen molar-refractivity contribution in [3.05, 3.63) is 29.8 Å².